The zero-order chi connectivity index (χ0) is 22.4. The number of likely N-dealkylation sites (tertiary alicyclic amines) is 1. The molecule has 7 heteroatoms. The van der Waals surface area contributed by atoms with E-state index < -0.39 is 0 Å². The van der Waals surface area contributed by atoms with Crippen LogP contribution in [-0.2, 0) is 6.42 Å². The van der Waals surface area contributed by atoms with Crippen LogP contribution in [0.15, 0.2) is 35.3 Å². The minimum absolute atomic E-state index is 0.172. The van der Waals surface area contributed by atoms with Gasteiger partial charge in [-0.1, -0.05) is 38.4 Å². The third-order valence-corrected chi connectivity index (χ3v) is 5.89. The van der Waals surface area contributed by atoms with Gasteiger partial charge in [-0.15, -0.1) is 0 Å². The third-order valence-electron chi connectivity index (χ3n) is 5.58. The van der Waals surface area contributed by atoms with E-state index in [0.717, 1.165) is 49.4 Å². The maximum absolute atomic E-state index is 12.6. The summed E-state index contributed by atoms with van der Waals surface area (Å²) in [6.07, 6.45) is 4.50. The number of hydrogen-bond acceptors (Lipinski definition) is 5. The molecule has 1 aliphatic heterocycles. The van der Waals surface area contributed by atoms with E-state index >= 15 is 0 Å². The van der Waals surface area contributed by atoms with Crippen LogP contribution in [0.1, 0.15) is 50.7 Å². The molecular formula is C24H32ClN5O. The predicted molar refractivity (Wildman–Crippen MR) is 129 cm³/mol. The summed E-state index contributed by atoms with van der Waals surface area (Å²) in [5.41, 5.74) is 3.29. The summed E-state index contributed by atoms with van der Waals surface area (Å²) in [4.78, 5) is 26.9. The van der Waals surface area contributed by atoms with Crippen molar-refractivity contribution in [1.82, 2.24) is 19.9 Å². The van der Waals surface area contributed by atoms with Crippen molar-refractivity contribution in [2.75, 3.05) is 25.0 Å². The van der Waals surface area contributed by atoms with Gasteiger partial charge < -0.3 is 15.2 Å². The van der Waals surface area contributed by atoms with Crippen LogP contribution in [-0.4, -0.2) is 45.5 Å². The maximum atomic E-state index is 12.6. The van der Waals surface area contributed by atoms with Crippen LogP contribution in [0.3, 0.4) is 0 Å². The molecule has 0 aliphatic carbocycles. The van der Waals surface area contributed by atoms with Crippen LogP contribution in [0.2, 0.25) is 5.02 Å². The van der Waals surface area contributed by atoms with Crippen molar-refractivity contribution in [3.8, 4) is 0 Å². The molecule has 4 rings (SSSR count). The summed E-state index contributed by atoms with van der Waals surface area (Å²) < 4.78 is 0. The van der Waals surface area contributed by atoms with Crippen molar-refractivity contribution >= 4 is 28.2 Å². The average Bonchev–Trinajstić information content (AvgIpc) is 2.78. The molecule has 0 bridgehead atoms. The summed E-state index contributed by atoms with van der Waals surface area (Å²) in [6.45, 7) is 11.4. The second kappa shape index (κ2) is 10.7. The number of anilines is 1. The second-order valence-electron chi connectivity index (χ2n) is 7.70. The Balaban J connectivity index is 0.00000132. The van der Waals surface area contributed by atoms with Crippen molar-refractivity contribution in [1.29, 1.82) is 0 Å². The average molecular weight is 442 g/mol. The van der Waals surface area contributed by atoms with Crippen LogP contribution in [0.4, 0.5) is 5.69 Å². The second-order valence-corrected chi connectivity index (χ2v) is 8.11. The molecule has 31 heavy (non-hydrogen) atoms. The van der Waals surface area contributed by atoms with E-state index in [9.17, 15) is 4.79 Å². The van der Waals surface area contributed by atoms with E-state index in [1.54, 1.807) is 6.07 Å². The number of halogens is 1. The lowest BCUT2D eigenvalue weighted by Crippen LogP contribution is -2.38. The number of aromatic amines is 1. The molecular weight excluding hydrogens is 410 g/mol. The number of nitrogens with one attached hydrogen (secondary N) is 2. The highest BCUT2D eigenvalue weighted by Gasteiger charge is 2.19. The van der Waals surface area contributed by atoms with Gasteiger partial charge in [0.2, 0.25) is 0 Å². The number of aromatic nitrogens is 3. The predicted octanol–water partition coefficient (Wildman–Crippen LogP) is 4.79. The number of H-pyrrole nitrogens is 1. The first kappa shape index (κ1) is 23.2. The third kappa shape index (κ3) is 5.83. The van der Waals surface area contributed by atoms with Crippen LogP contribution in [0, 0.1) is 6.92 Å². The fourth-order valence-electron chi connectivity index (χ4n) is 3.81. The lowest BCUT2D eigenvalue weighted by Gasteiger charge is -2.32. The summed E-state index contributed by atoms with van der Waals surface area (Å²) in [6, 6.07) is 7.96. The molecule has 0 atom stereocenters. The number of pyridine rings is 1. The summed E-state index contributed by atoms with van der Waals surface area (Å²) in [7, 11) is 0. The number of nitrogens with zero attached hydrogens (tertiary/aromatic N) is 3. The molecule has 1 fully saturated rings. The molecule has 1 saturated heterocycles. The number of piperidine rings is 1. The van der Waals surface area contributed by atoms with Gasteiger partial charge in [-0.2, -0.15) is 0 Å². The van der Waals surface area contributed by atoms with Crippen molar-refractivity contribution in [2.45, 2.75) is 53.0 Å². The van der Waals surface area contributed by atoms with Gasteiger partial charge in [0.15, 0.2) is 0 Å². The SMILES string of the molecule is CC.CCN1CCC(Nc2cc3nc(Cc4ccc(C)nc4)[nH]c(=O)c3cc2Cl)CC1. The largest absolute Gasteiger partial charge is 0.381 e. The molecule has 0 saturated carbocycles. The molecule has 166 valence electrons. The Morgan fingerprint density at radius 2 is 1.97 bits per heavy atom. The summed E-state index contributed by atoms with van der Waals surface area (Å²) in [5, 5.41) is 4.62. The first-order valence-corrected chi connectivity index (χ1v) is 11.5. The molecule has 0 unspecified atom stereocenters. The normalized spacial score (nSPS) is 14.9. The van der Waals surface area contributed by atoms with E-state index in [1.165, 1.54) is 0 Å². The highest BCUT2D eigenvalue weighted by Crippen LogP contribution is 2.28. The Hall–Kier alpha value is -2.44. The minimum atomic E-state index is -0.172. The van der Waals surface area contributed by atoms with Gasteiger partial charge in [-0.05, 0) is 50.1 Å². The quantitative estimate of drug-likeness (QED) is 0.595. The topological polar surface area (TPSA) is 73.9 Å². The number of aryl methyl sites for hydroxylation is 1. The number of fused-ring (bicyclic) bond motifs is 1. The lowest BCUT2D eigenvalue weighted by molar-refractivity contribution is 0.229. The molecule has 2 N–H and O–H groups in total. The summed E-state index contributed by atoms with van der Waals surface area (Å²) in [5.74, 6) is 0.623. The van der Waals surface area contributed by atoms with Gasteiger partial charge >= 0.3 is 0 Å². The van der Waals surface area contributed by atoms with Crippen molar-refractivity contribution in [3.63, 3.8) is 0 Å². The van der Waals surface area contributed by atoms with Gasteiger partial charge in [-0.3, -0.25) is 9.78 Å². The van der Waals surface area contributed by atoms with Gasteiger partial charge in [-0.25, -0.2) is 4.98 Å². The number of rotatable bonds is 5. The Morgan fingerprint density at radius 3 is 2.61 bits per heavy atom. The fourth-order valence-corrected chi connectivity index (χ4v) is 4.03. The standard InChI is InChI=1S/C22H26ClN5O.C2H6/c1-3-28-8-6-16(7-9-28)25-20-12-19-17(11-18(20)23)22(29)27-21(26-19)10-15-5-4-14(2)24-13-15;1-2/h4-5,11-13,16,25H,3,6-10H2,1-2H3,(H,26,27,29);1-2H3. The molecule has 0 spiro atoms. The van der Waals surface area contributed by atoms with Crippen molar-refractivity contribution < 1.29 is 0 Å². The molecule has 6 nitrogen and oxygen atoms in total. The van der Waals surface area contributed by atoms with E-state index in [0.29, 0.717) is 34.2 Å². The van der Waals surface area contributed by atoms with Crippen LogP contribution in [0.25, 0.3) is 10.9 Å². The Bertz CT molecular complexity index is 1060. The van der Waals surface area contributed by atoms with Gasteiger partial charge in [0.05, 0.1) is 21.6 Å². The fraction of sp³-hybridized carbons (Fsp3) is 0.458. The van der Waals surface area contributed by atoms with Crippen LogP contribution in [0.5, 0.6) is 0 Å². The Kier molecular flexibility index (Phi) is 8.04. The van der Waals surface area contributed by atoms with Gasteiger partial charge in [0.1, 0.15) is 5.82 Å². The van der Waals surface area contributed by atoms with Gasteiger partial charge in [0, 0.05) is 37.4 Å². The first-order valence-electron chi connectivity index (χ1n) is 11.1. The summed E-state index contributed by atoms with van der Waals surface area (Å²) >= 11 is 6.47. The highest BCUT2D eigenvalue weighted by molar-refractivity contribution is 6.34. The Morgan fingerprint density at radius 1 is 1.23 bits per heavy atom. The molecule has 1 aliphatic rings. The highest BCUT2D eigenvalue weighted by atomic mass is 35.5. The maximum Gasteiger partial charge on any atom is 0.258 e. The van der Waals surface area contributed by atoms with Gasteiger partial charge in [0.25, 0.3) is 5.56 Å². The zero-order valence-electron chi connectivity index (χ0n) is 18.8. The van der Waals surface area contributed by atoms with Crippen LogP contribution >= 0.6 is 11.6 Å². The smallest absolute Gasteiger partial charge is 0.258 e. The monoisotopic (exact) mass is 441 g/mol. The molecule has 1 aromatic carbocycles. The molecule has 2 aromatic heterocycles. The molecule has 3 aromatic rings. The number of benzene rings is 1. The first-order chi connectivity index (χ1) is 15.0. The van der Waals surface area contributed by atoms with E-state index in [-0.39, 0.29) is 5.56 Å². The molecule has 3 heterocycles. The lowest BCUT2D eigenvalue weighted by atomic mass is 10.0. The molecule has 0 radical (unpaired) electrons. The number of hydrogen-bond donors (Lipinski definition) is 2. The molecule has 0 amide bonds. The Labute approximate surface area is 189 Å². The van der Waals surface area contributed by atoms with Crippen LogP contribution < -0.4 is 10.9 Å². The van der Waals surface area contributed by atoms with E-state index in [2.05, 4.69) is 32.1 Å². The minimum Gasteiger partial charge on any atom is -0.381 e. The van der Waals surface area contributed by atoms with E-state index in [4.69, 9.17) is 11.6 Å². The van der Waals surface area contributed by atoms with Crippen molar-refractivity contribution in [2.24, 2.45) is 0 Å². The van der Waals surface area contributed by atoms with Crippen molar-refractivity contribution in [3.05, 3.63) is 62.9 Å². The zero-order valence-corrected chi connectivity index (χ0v) is 19.6. The van der Waals surface area contributed by atoms with E-state index in [1.807, 2.05) is 45.2 Å².